The Morgan fingerprint density at radius 1 is 1.47 bits per heavy atom. The van der Waals surface area contributed by atoms with Gasteiger partial charge in [0.2, 0.25) is 11.8 Å². The van der Waals surface area contributed by atoms with Crippen molar-refractivity contribution < 1.29 is 9.53 Å². The highest BCUT2D eigenvalue weighted by atomic mass is 16.5. The Hall–Kier alpha value is -1.85. The van der Waals surface area contributed by atoms with Crippen LogP contribution in [-0.4, -0.2) is 46.0 Å². The molecule has 1 unspecified atom stereocenters. The van der Waals surface area contributed by atoms with E-state index in [9.17, 15) is 4.79 Å². The second-order valence-electron chi connectivity index (χ2n) is 5.00. The number of rotatable bonds is 5. The Balaban J connectivity index is 1.62. The summed E-state index contributed by atoms with van der Waals surface area (Å²) in [5.41, 5.74) is 0. The summed E-state index contributed by atoms with van der Waals surface area (Å²) in [6.07, 6.45) is 4.33. The zero-order valence-corrected chi connectivity index (χ0v) is 11.0. The first-order valence-corrected chi connectivity index (χ1v) is 6.77. The highest BCUT2D eigenvalue weighted by Gasteiger charge is 2.39. The third-order valence-electron chi connectivity index (χ3n) is 3.43. The molecule has 1 N–H and O–H groups in total. The topological polar surface area (TPSA) is 67.3 Å². The lowest BCUT2D eigenvalue weighted by atomic mass is 10.2. The fraction of sp³-hybridized carbons (Fsp3) is 0.615. The molecule has 0 radical (unpaired) electrons. The fourth-order valence-electron chi connectivity index (χ4n) is 2.42. The van der Waals surface area contributed by atoms with Crippen molar-refractivity contribution in [3.05, 3.63) is 12.4 Å². The van der Waals surface area contributed by atoms with Crippen LogP contribution in [0.1, 0.15) is 26.2 Å². The predicted octanol–water partition coefficient (Wildman–Crippen LogP) is 1.05. The summed E-state index contributed by atoms with van der Waals surface area (Å²) in [4.78, 5) is 22.0. The van der Waals surface area contributed by atoms with E-state index in [-0.39, 0.29) is 11.9 Å². The maximum atomic E-state index is 11.9. The van der Waals surface area contributed by atoms with Crippen LogP contribution < -0.4 is 10.1 Å². The average molecular weight is 262 g/mol. The number of hydrogen-bond acceptors (Lipinski definition) is 5. The molecule has 2 fully saturated rings. The summed E-state index contributed by atoms with van der Waals surface area (Å²) in [6.45, 7) is 3.27. The van der Waals surface area contributed by atoms with Gasteiger partial charge >= 0.3 is 0 Å². The first-order valence-electron chi connectivity index (χ1n) is 6.77. The molecule has 0 aromatic carbocycles. The summed E-state index contributed by atoms with van der Waals surface area (Å²) in [6, 6.07) is 2.40. The van der Waals surface area contributed by atoms with Crippen molar-refractivity contribution in [3.8, 4) is 5.88 Å². The highest BCUT2D eigenvalue weighted by molar-refractivity contribution is 5.80. The molecule has 2 aliphatic rings. The van der Waals surface area contributed by atoms with E-state index < -0.39 is 0 Å². The van der Waals surface area contributed by atoms with Gasteiger partial charge < -0.3 is 15.0 Å². The zero-order valence-electron chi connectivity index (χ0n) is 11.0. The fourth-order valence-corrected chi connectivity index (χ4v) is 2.42. The number of aromatic nitrogens is 2. The molecule has 1 aliphatic carbocycles. The van der Waals surface area contributed by atoms with E-state index in [1.165, 1.54) is 6.33 Å². The Morgan fingerprint density at radius 2 is 2.32 bits per heavy atom. The van der Waals surface area contributed by atoms with E-state index in [0.29, 0.717) is 30.8 Å². The van der Waals surface area contributed by atoms with Crippen LogP contribution in [0, 0.1) is 0 Å². The van der Waals surface area contributed by atoms with Crippen molar-refractivity contribution in [2.75, 3.05) is 18.5 Å². The van der Waals surface area contributed by atoms with E-state index in [4.69, 9.17) is 4.74 Å². The van der Waals surface area contributed by atoms with Gasteiger partial charge in [-0.15, -0.1) is 0 Å². The predicted molar refractivity (Wildman–Crippen MR) is 70.0 cm³/mol. The molecule has 6 nitrogen and oxygen atoms in total. The molecule has 2 heterocycles. The van der Waals surface area contributed by atoms with Crippen molar-refractivity contribution in [1.82, 2.24) is 14.9 Å². The monoisotopic (exact) mass is 262 g/mol. The molecule has 1 saturated heterocycles. The number of likely N-dealkylation sites (tertiary alicyclic amines) is 1. The molecule has 0 spiro atoms. The van der Waals surface area contributed by atoms with Crippen molar-refractivity contribution in [1.29, 1.82) is 0 Å². The van der Waals surface area contributed by atoms with Gasteiger partial charge in [0.05, 0.1) is 12.6 Å². The minimum absolute atomic E-state index is 0.137. The normalized spacial score (nSPS) is 22.7. The lowest BCUT2D eigenvalue weighted by Gasteiger charge is -2.16. The molecule has 3 rings (SSSR count). The SMILES string of the molecule is CCOc1cc(NC2CC(=O)N(C3CC3)C2)ncn1. The number of carbonyl (C=O) groups excluding carboxylic acids is 1. The van der Waals surface area contributed by atoms with Crippen LogP contribution in [-0.2, 0) is 4.79 Å². The summed E-state index contributed by atoms with van der Waals surface area (Å²) in [5, 5.41) is 3.29. The molecular formula is C13H18N4O2. The number of carbonyl (C=O) groups is 1. The smallest absolute Gasteiger partial charge is 0.225 e. The largest absolute Gasteiger partial charge is 0.478 e. The lowest BCUT2D eigenvalue weighted by Crippen LogP contribution is -2.29. The molecule has 1 aromatic rings. The number of anilines is 1. The van der Waals surface area contributed by atoms with Gasteiger partial charge in [0, 0.05) is 25.1 Å². The summed E-state index contributed by atoms with van der Waals surface area (Å²) >= 11 is 0. The van der Waals surface area contributed by atoms with E-state index in [0.717, 1.165) is 19.4 Å². The third kappa shape index (κ3) is 2.77. The lowest BCUT2D eigenvalue weighted by molar-refractivity contribution is -0.128. The van der Waals surface area contributed by atoms with Crippen molar-refractivity contribution in [2.24, 2.45) is 0 Å². The van der Waals surface area contributed by atoms with E-state index in [1.807, 2.05) is 11.8 Å². The van der Waals surface area contributed by atoms with Gasteiger partial charge in [0.1, 0.15) is 12.1 Å². The molecule has 19 heavy (non-hydrogen) atoms. The average Bonchev–Trinajstić information content (AvgIpc) is 3.15. The van der Waals surface area contributed by atoms with Crippen LogP contribution in [0.4, 0.5) is 5.82 Å². The van der Waals surface area contributed by atoms with Crippen LogP contribution in [0.3, 0.4) is 0 Å². The van der Waals surface area contributed by atoms with Gasteiger partial charge in [-0.2, -0.15) is 0 Å². The van der Waals surface area contributed by atoms with Crippen LogP contribution in [0.25, 0.3) is 0 Å². The summed E-state index contributed by atoms with van der Waals surface area (Å²) in [5.74, 6) is 1.52. The number of amides is 1. The second kappa shape index (κ2) is 5.03. The Morgan fingerprint density at radius 3 is 3.05 bits per heavy atom. The molecule has 6 heteroatoms. The summed E-state index contributed by atoms with van der Waals surface area (Å²) in [7, 11) is 0. The molecule has 1 aromatic heterocycles. The molecule has 1 saturated carbocycles. The van der Waals surface area contributed by atoms with Gasteiger partial charge in [-0.25, -0.2) is 9.97 Å². The van der Waals surface area contributed by atoms with Gasteiger partial charge in [0.25, 0.3) is 0 Å². The zero-order chi connectivity index (χ0) is 13.2. The number of nitrogens with one attached hydrogen (secondary N) is 1. The molecular weight excluding hydrogens is 244 g/mol. The van der Waals surface area contributed by atoms with E-state index >= 15 is 0 Å². The second-order valence-corrected chi connectivity index (χ2v) is 5.00. The van der Waals surface area contributed by atoms with Crippen molar-refractivity contribution >= 4 is 11.7 Å². The van der Waals surface area contributed by atoms with Gasteiger partial charge in [-0.1, -0.05) is 0 Å². The van der Waals surface area contributed by atoms with Gasteiger partial charge in [-0.3, -0.25) is 4.79 Å². The standard InChI is InChI=1S/C13H18N4O2/c1-2-19-12-6-11(14-8-15-12)16-9-5-13(18)17(7-9)10-3-4-10/h6,8-10H,2-5,7H2,1H3,(H,14,15,16). The first kappa shape index (κ1) is 12.2. The maximum absolute atomic E-state index is 11.9. The minimum atomic E-state index is 0.137. The van der Waals surface area contributed by atoms with E-state index in [2.05, 4.69) is 15.3 Å². The third-order valence-corrected chi connectivity index (χ3v) is 3.43. The summed E-state index contributed by atoms with van der Waals surface area (Å²) < 4.78 is 5.33. The molecule has 1 atom stereocenters. The Kier molecular flexibility index (Phi) is 3.23. The molecule has 0 bridgehead atoms. The highest BCUT2D eigenvalue weighted by Crippen LogP contribution is 2.31. The molecule has 1 amide bonds. The van der Waals surface area contributed by atoms with Crippen LogP contribution in [0.2, 0.25) is 0 Å². The Bertz CT molecular complexity index is 475. The maximum Gasteiger partial charge on any atom is 0.225 e. The first-order chi connectivity index (χ1) is 9.26. The number of hydrogen-bond donors (Lipinski definition) is 1. The number of ether oxygens (including phenoxy) is 1. The minimum Gasteiger partial charge on any atom is -0.478 e. The van der Waals surface area contributed by atoms with E-state index in [1.54, 1.807) is 6.07 Å². The number of nitrogens with zero attached hydrogens (tertiary/aromatic N) is 3. The van der Waals surface area contributed by atoms with Gasteiger partial charge in [0.15, 0.2) is 0 Å². The van der Waals surface area contributed by atoms with Crippen molar-refractivity contribution in [2.45, 2.75) is 38.3 Å². The van der Waals surface area contributed by atoms with Gasteiger partial charge in [-0.05, 0) is 19.8 Å². The van der Waals surface area contributed by atoms with Crippen LogP contribution in [0.15, 0.2) is 12.4 Å². The molecule has 102 valence electrons. The van der Waals surface area contributed by atoms with Crippen LogP contribution in [0.5, 0.6) is 5.88 Å². The van der Waals surface area contributed by atoms with Crippen LogP contribution >= 0.6 is 0 Å². The van der Waals surface area contributed by atoms with Crippen molar-refractivity contribution in [3.63, 3.8) is 0 Å². The quantitative estimate of drug-likeness (QED) is 0.859. The molecule has 1 aliphatic heterocycles. The Labute approximate surface area is 112 Å².